The van der Waals surface area contributed by atoms with Crippen LogP contribution in [0.1, 0.15) is 30.8 Å². The molecule has 3 rings (SSSR count). The summed E-state index contributed by atoms with van der Waals surface area (Å²) < 4.78 is 3.33. The summed E-state index contributed by atoms with van der Waals surface area (Å²) in [4.78, 5) is 9.01. The number of imidazole rings is 1. The zero-order valence-electron chi connectivity index (χ0n) is 12.4. The second kappa shape index (κ2) is 6.37. The number of pyridine rings is 1. The highest BCUT2D eigenvalue weighted by molar-refractivity contribution is 7.17. The van der Waals surface area contributed by atoms with Gasteiger partial charge in [-0.25, -0.2) is 4.98 Å². The van der Waals surface area contributed by atoms with Crippen LogP contribution in [-0.2, 0) is 13.5 Å². The van der Waals surface area contributed by atoms with E-state index in [1.165, 1.54) is 10.3 Å². The van der Waals surface area contributed by atoms with Crippen molar-refractivity contribution in [3.63, 3.8) is 0 Å². The van der Waals surface area contributed by atoms with E-state index in [-0.39, 0.29) is 6.04 Å². The minimum Gasteiger partial charge on any atom is -0.338 e. The molecule has 3 aromatic heterocycles. The van der Waals surface area contributed by atoms with Gasteiger partial charge in [-0.1, -0.05) is 6.92 Å². The van der Waals surface area contributed by atoms with Crippen molar-refractivity contribution < 1.29 is 0 Å². The SMILES string of the molecule is CCCNC(Cc1nccn1C)c1cnc2ccsc2c1. The average Bonchev–Trinajstić information content (AvgIpc) is 3.11. The number of thiophene rings is 1. The number of aryl methyl sites for hydroxylation is 1. The Bertz CT molecular complexity index is 716. The molecule has 1 atom stereocenters. The van der Waals surface area contributed by atoms with Gasteiger partial charge in [0.1, 0.15) is 5.82 Å². The first-order valence-corrected chi connectivity index (χ1v) is 8.18. The van der Waals surface area contributed by atoms with Crippen molar-refractivity contribution in [1.82, 2.24) is 19.9 Å². The first-order valence-electron chi connectivity index (χ1n) is 7.30. The lowest BCUT2D eigenvalue weighted by Crippen LogP contribution is -2.25. The molecular formula is C16H20N4S. The van der Waals surface area contributed by atoms with E-state index < -0.39 is 0 Å². The minimum absolute atomic E-state index is 0.255. The van der Waals surface area contributed by atoms with Crippen LogP contribution in [0.5, 0.6) is 0 Å². The van der Waals surface area contributed by atoms with Gasteiger partial charge in [-0.2, -0.15) is 0 Å². The maximum atomic E-state index is 4.57. The van der Waals surface area contributed by atoms with Crippen LogP contribution >= 0.6 is 11.3 Å². The van der Waals surface area contributed by atoms with Crippen LogP contribution < -0.4 is 5.32 Å². The fraction of sp³-hybridized carbons (Fsp3) is 0.375. The summed E-state index contributed by atoms with van der Waals surface area (Å²) in [6.07, 6.45) is 7.83. The largest absolute Gasteiger partial charge is 0.338 e. The molecule has 0 aromatic carbocycles. The van der Waals surface area contributed by atoms with Crippen LogP contribution in [0.15, 0.2) is 36.1 Å². The van der Waals surface area contributed by atoms with Crippen LogP contribution in [0.2, 0.25) is 0 Å². The second-order valence-electron chi connectivity index (χ2n) is 5.24. The van der Waals surface area contributed by atoms with Gasteiger partial charge < -0.3 is 9.88 Å². The first-order chi connectivity index (χ1) is 10.3. The fourth-order valence-corrected chi connectivity index (χ4v) is 3.24. The summed E-state index contributed by atoms with van der Waals surface area (Å²) in [6.45, 7) is 3.18. The van der Waals surface area contributed by atoms with E-state index in [2.05, 4.69) is 44.3 Å². The van der Waals surface area contributed by atoms with Gasteiger partial charge in [-0.15, -0.1) is 11.3 Å². The Morgan fingerprint density at radius 2 is 2.29 bits per heavy atom. The summed E-state index contributed by atoms with van der Waals surface area (Å²) in [6, 6.07) is 4.57. The highest BCUT2D eigenvalue weighted by Crippen LogP contribution is 2.24. The van der Waals surface area contributed by atoms with Gasteiger partial charge in [0.25, 0.3) is 0 Å². The summed E-state index contributed by atoms with van der Waals surface area (Å²) in [7, 11) is 2.04. The van der Waals surface area contributed by atoms with Crippen molar-refractivity contribution in [2.24, 2.45) is 7.05 Å². The summed E-state index contributed by atoms with van der Waals surface area (Å²) >= 11 is 1.74. The summed E-state index contributed by atoms with van der Waals surface area (Å²) in [5, 5.41) is 5.71. The minimum atomic E-state index is 0.255. The lowest BCUT2D eigenvalue weighted by atomic mass is 10.0. The van der Waals surface area contributed by atoms with Gasteiger partial charge >= 0.3 is 0 Å². The van der Waals surface area contributed by atoms with Crippen LogP contribution in [0.4, 0.5) is 0 Å². The van der Waals surface area contributed by atoms with E-state index in [4.69, 9.17) is 0 Å². The number of nitrogens with zero attached hydrogens (tertiary/aromatic N) is 3. The molecule has 0 saturated heterocycles. The number of nitrogens with one attached hydrogen (secondary N) is 1. The quantitative estimate of drug-likeness (QED) is 0.759. The molecule has 0 bridgehead atoms. The van der Waals surface area contributed by atoms with E-state index in [1.54, 1.807) is 11.3 Å². The summed E-state index contributed by atoms with van der Waals surface area (Å²) in [5.74, 6) is 1.09. The monoisotopic (exact) mass is 300 g/mol. The Balaban J connectivity index is 1.88. The highest BCUT2D eigenvalue weighted by atomic mass is 32.1. The number of rotatable bonds is 6. The molecule has 3 heterocycles. The Hall–Kier alpha value is -1.72. The van der Waals surface area contributed by atoms with E-state index in [1.807, 2.05) is 25.6 Å². The molecule has 0 aliphatic rings. The molecule has 4 nitrogen and oxygen atoms in total. The Labute approximate surface area is 128 Å². The van der Waals surface area contributed by atoms with Crippen molar-refractivity contribution in [2.45, 2.75) is 25.8 Å². The molecule has 5 heteroatoms. The number of hydrogen-bond donors (Lipinski definition) is 1. The van der Waals surface area contributed by atoms with E-state index >= 15 is 0 Å². The van der Waals surface area contributed by atoms with Crippen LogP contribution in [-0.4, -0.2) is 21.1 Å². The maximum absolute atomic E-state index is 4.57. The third-order valence-corrected chi connectivity index (χ3v) is 4.53. The van der Waals surface area contributed by atoms with E-state index in [0.29, 0.717) is 0 Å². The molecule has 0 saturated carbocycles. The van der Waals surface area contributed by atoms with Crippen LogP contribution in [0, 0.1) is 0 Å². The van der Waals surface area contributed by atoms with Crippen LogP contribution in [0.25, 0.3) is 10.2 Å². The predicted octanol–water partition coefficient (Wildman–Crippen LogP) is 3.31. The maximum Gasteiger partial charge on any atom is 0.110 e. The number of aromatic nitrogens is 3. The van der Waals surface area contributed by atoms with Crippen molar-refractivity contribution in [1.29, 1.82) is 0 Å². The molecule has 21 heavy (non-hydrogen) atoms. The Morgan fingerprint density at radius 3 is 3.05 bits per heavy atom. The molecule has 110 valence electrons. The van der Waals surface area contributed by atoms with Crippen molar-refractivity contribution >= 4 is 21.6 Å². The predicted molar refractivity (Wildman–Crippen MR) is 87.6 cm³/mol. The molecule has 0 amide bonds. The molecular weight excluding hydrogens is 280 g/mol. The molecule has 1 N–H and O–H groups in total. The Morgan fingerprint density at radius 1 is 1.38 bits per heavy atom. The zero-order chi connectivity index (χ0) is 14.7. The second-order valence-corrected chi connectivity index (χ2v) is 6.19. The molecule has 3 aromatic rings. The molecule has 0 aliphatic heterocycles. The van der Waals surface area contributed by atoms with E-state index in [9.17, 15) is 0 Å². The van der Waals surface area contributed by atoms with Crippen molar-refractivity contribution in [2.75, 3.05) is 6.54 Å². The lowest BCUT2D eigenvalue weighted by Gasteiger charge is -2.18. The average molecular weight is 300 g/mol. The van der Waals surface area contributed by atoms with Gasteiger partial charge in [0.2, 0.25) is 0 Å². The highest BCUT2D eigenvalue weighted by Gasteiger charge is 2.15. The topological polar surface area (TPSA) is 42.7 Å². The number of hydrogen-bond acceptors (Lipinski definition) is 4. The molecule has 0 spiro atoms. The zero-order valence-corrected chi connectivity index (χ0v) is 13.2. The molecule has 0 aliphatic carbocycles. The third kappa shape index (κ3) is 3.14. The molecule has 1 unspecified atom stereocenters. The molecule has 0 radical (unpaired) electrons. The van der Waals surface area contributed by atoms with Gasteiger partial charge in [0.15, 0.2) is 0 Å². The van der Waals surface area contributed by atoms with Crippen molar-refractivity contribution in [3.8, 4) is 0 Å². The first kappa shape index (κ1) is 14.2. The smallest absolute Gasteiger partial charge is 0.110 e. The molecule has 0 fully saturated rings. The Kier molecular flexibility index (Phi) is 4.31. The standard InChI is InChI=1S/C16H20N4S/c1-3-5-17-14(10-16-18-6-7-20(16)2)12-9-15-13(19-11-12)4-8-21-15/h4,6-9,11,14,17H,3,5,10H2,1-2H3. The van der Waals surface area contributed by atoms with Crippen molar-refractivity contribution in [3.05, 3.63) is 47.5 Å². The normalized spacial score (nSPS) is 12.9. The van der Waals surface area contributed by atoms with E-state index in [0.717, 1.165) is 30.7 Å². The van der Waals surface area contributed by atoms with Gasteiger partial charge in [0, 0.05) is 38.1 Å². The van der Waals surface area contributed by atoms with Crippen LogP contribution in [0.3, 0.4) is 0 Å². The van der Waals surface area contributed by atoms with Gasteiger partial charge in [-0.05, 0) is 36.0 Å². The van der Waals surface area contributed by atoms with Gasteiger partial charge in [-0.3, -0.25) is 4.98 Å². The van der Waals surface area contributed by atoms with Gasteiger partial charge in [0.05, 0.1) is 10.2 Å². The number of fused-ring (bicyclic) bond motifs is 1. The third-order valence-electron chi connectivity index (χ3n) is 3.67. The fourth-order valence-electron chi connectivity index (χ4n) is 2.45. The lowest BCUT2D eigenvalue weighted by molar-refractivity contribution is 0.511. The summed E-state index contributed by atoms with van der Waals surface area (Å²) in [5.41, 5.74) is 2.32.